The number of likely N-dealkylation sites (N-methyl/N-ethyl adjacent to an activating group) is 1. The molecule has 0 radical (unpaired) electrons. The monoisotopic (exact) mass is 351 g/mol. The first-order chi connectivity index (χ1) is 11.7. The zero-order chi connectivity index (χ0) is 17.2. The minimum Gasteiger partial charge on any atom is -0.357 e. The van der Waals surface area contributed by atoms with E-state index in [0.717, 1.165) is 51.0 Å². The van der Waals surface area contributed by atoms with E-state index in [0.29, 0.717) is 0 Å². The molecule has 0 aliphatic heterocycles. The second-order valence-electron chi connectivity index (χ2n) is 6.43. The summed E-state index contributed by atoms with van der Waals surface area (Å²) in [6.45, 7) is 7.93. The highest BCUT2D eigenvalue weighted by atomic mass is 32.1. The molecule has 1 fully saturated rings. The van der Waals surface area contributed by atoms with Crippen LogP contribution in [0.4, 0.5) is 0 Å². The number of rotatable bonds is 9. The summed E-state index contributed by atoms with van der Waals surface area (Å²) in [5, 5.41) is 7.96. The Morgan fingerprint density at radius 3 is 2.79 bits per heavy atom. The van der Waals surface area contributed by atoms with Gasteiger partial charge in [-0.15, -0.1) is 11.3 Å². The highest BCUT2D eigenvalue weighted by molar-refractivity contribution is 7.11. The van der Waals surface area contributed by atoms with Crippen molar-refractivity contribution < 1.29 is 0 Å². The average molecular weight is 352 g/mol. The number of aromatic nitrogens is 1. The van der Waals surface area contributed by atoms with Crippen LogP contribution in [0.25, 0.3) is 0 Å². The van der Waals surface area contributed by atoms with E-state index >= 15 is 0 Å². The fourth-order valence-corrected chi connectivity index (χ4v) is 3.97. The smallest absolute Gasteiger partial charge is 0.191 e. The molecule has 0 amide bonds. The molecule has 0 saturated heterocycles. The standard InChI is InChI=1S/C18H33N5S/c1-4-16-14-22-17(24-16)10-11-20-18(19-5-2)21-12-13-23(3)15-8-6-7-9-15/h14-15H,4-13H2,1-3H3,(H2,19,20,21). The van der Waals surface area contributed by atoms with Gasteiger partial charge in [0.1, 0.15) is 0 Å². The lowest BCUT2D eigenvalue weighted by atomic mass is 10.2. The topological polar surface area (TPSA) is 52.6 Å². The largest absolute Gasteiger partial charge is 0.357 e. The van der Waals surface area contributed by atoms with Gasteiger partial charge in [-0.05, 0) is 33.2 Å². The Morgan fingerprint density at radius 2 is 2.12 bits per heavy atom. The number of hydrogen-bond donors (Lipinski definition) is 2. The lowest BCUT2D eigenvalue weighted by molar-refractivity contribution is 0.252. The van der Waals surface area contributed by atoms with Crippen LogP contribution in [0.3, 0.4) is 0 Å². The van der Waals surface area contributed by atoms with Gasteiger partial charge in [0.25, 0.3) is 0 Å². The van der Waals surface area contributed by atoms with Crippen molar-refractivity contribution in [1.82, 2.24) is 20.5 Å². The number of thiazole rings is 1. The highest BCUT2D eigenvalue weighted by Gasteiger charge is 2.18. The summed E-state index contributed by atoms with van der Waals surface area (Å²) in [6.07, 6.45) is 9.51. The molecule has 1 heterocycles. The van der Waals surface area contributed by atoms with Crippen molar-refractivity contribution in [2.75, 3.05) is 33.2 Å². The molecule has 0 aromatic carbocycles. The SMILES string of the molecule is CCNC(=NCCN(C)C1CCCC1)NCCc1ncc(CC)s1. The summed E-state index contributed by atoms with van der Waals surface area (Å²) in [5.74, 6) is 0.921. The number of hydrogen-bond acceptors (Lipinski definition) is 4. The molecule has 1 aliphatic carbocycles. The summed E-state index contributed by atoms with van der Waals surface area (Å²) in [5.41, 5.74) is 0. The van der Waals surface area contributed by atoms with Crippen molar-refractivity contribution in [3.05, 3.63) is 16.1 Å². The van der Waals surface area contributed by atoms with Gasteiger partial charge in [-0.3, -0.25) is 4.99 Å². The Hall–Kier alpha value is -1.14. The third kappa shape index (κ3) is 6.40. The second kappa shape index (κ2) is 10.7. The number of nitrogens with one attached hydrogen (secondary N) is 2. The average Bonchev–Trinajstić information content (AvgIpc) is 3.26. The number of aryl methyl sites for hydroxylation is 1. The highest BCUT2D eigenvalue weighted by Crippen LogP contribution is 2.21. The summed E-state index contributed by atoms with van der Waals surface area (Å²) in [6, 6.07) is 0.772. The van der Waals surface area contributed by atoms with Crippen molar-refractivity contribution in [1.29, 1.82) is 0 Å². The van der Waals surface area contributed by atoms with Crippen LogP contribution in [0.15, 0.2) is 11.2 Å². The van der Waals surface area contributed by atoms with E-state index < -0.39 is 0 Å². The van der Waals surface area contributed by atoms with E-state index in [9.17, 15) is 0 Å². The first-order valence-electron chi connectivity index (χ1n) is 9.39. The molecule has 136 valence electrons. The van der Waals surface area contributed by atoms with Gasteiger partial charge in [0.2, 0.25) is 0 Å². The van der Waals surface area contributed by atoms with Gasteiger partial charge < -0.3 is 15.5 Å². The summed E-state index contributed by atoms with van der Waals surface area (Å²) < 4.78 is 0. The van der Waals surface area contributed by atoms with Gasteiger partial charge in [-0.1, -0.05) is 19.8 Å². The van der Waals surface area contributed by atoms with E-state index in [4.69, 9.17) is 4.99 Å². The van der Waals surface area contributed by atoms with E-state index in [1.165, 1.54) is 35.6 Å². The zero-order valence-electron chi connectivity index (χ0n) is 15.5. The quantitative estimate of drug-likeness (QED) is 0.530. The summed E-state index contributed by atoms with van der Waals surface area (Å²) in [4.78, 5) is 13.0. The zero-order valence-corrected chi connectivity index (χ0v) is 16.3. The van der Waals surface area contributed by atoms with Gasteiger partial charge >= 0.3 is 0 Å². The van der Waals surface area contributed by atoms with Gasteiger partial charge in [-0.25, -0.2) is 4.98 Å². The molecule has 5 nitrogen and oxygen atoms in total. The molecule has 24 heavy (non-hydrogen) atoms. The predicted octanol–water partition coefficient (Wildman–Crippen LogP) is 2.68. The maximum atomic E-state index is 4.71. The van der Waals surface area contributed by atoms with Gasteiger partial charge in [0.05, 0.1) is 11.6 Å². The van der Waals surface area contributed by atoms with E-state index in [2.05, 4.69) is 41.4 Å². The lowest BCUT2D eigenvalue weighted by Gasteiger charge is -2.23. The second-order valence-corrected chi connectivity index (χ2v) is 7.63. The van der Waals surface area contributed by atoms with Crippen molar-refractivity contribution >= 4 is 17.3 Å². The first kappa shape index (κ1) is 19.2. The third-order valence-corrected chi connectivity index (χ3v) is 5.80. The lowest BCUT2D eigenvalue weighted by Crippen LogP contribution is -2.39. The number of aliphatic imine (C=N–C) groups is 1. The number of nitrogens with zero attached hydrogens (tertiary/aromatic N) is 3. The maximum absolute atomic E-state index is 4.71. The molecular formula is C18H33N5S. The molecule has 2 rings (SSSR count). The molecule has 1 aromatic rings. The normalized spacial score (nSPS) is 16.1. The van der Waals surface area contributed by atoms with Gasteiger partial charge in [0, 0.05) is 43.2 Å². The Balaban J connectivity index is 1.71. The fraction of sp³-hybridized carbons (Fsp3) is 0.778. The maximum Gasteiger partial charge on any atom is 0.191 e. The Kier molecular flexibility index (Phi) is 8.53. The molecule has 1 aliphatic rings. The van der Waals surface area contributed by atoms with Crippen LogP contribution in [0, 0.1) is 0 Å². The first-order valence-corrected chi connectivity index (χ1v) is 10.2. The molecule has 1 aromatic heterocycles. The van der Waals surface area contributed by atoms with Crippen molar-refractivity contribution in [3.63, 3.8) is 0 Å². The molecule has 0 bridgehead atoms. The Bertz CT molecular complexity index is 493. The molecule has 6 heteroatoms. The van der Waals surface area contributed by atoms with Crippen LogP contribution >= 0.6 is 11.3 Å². The van der Waals surface area contributed by atoms with Crippen LogP contribution in [0.1, 0.15) is 49.4 Å². The van der Waals surface area contributed by atoms with Crippen LogP contribution in [0.2, 0.25) is 0 Å². The molecule has 2 N–H and O–H groups in total. The molecule has 1 saturated carbocycles. The van der Waals surface area contributed by atoms with Crippen LogP contribution < -0.4 is 10.6 Å². The third-order valence-electron chi connectivity index (χ3n) is 4.60. The predicted molar refractivity (Wildman–Crippen MR) is 104 cm³/mol. The van der Waals surface area contributed by atoms with Crippen molar-refractivity contribution in [3.8, 4) is 0 Å². The van der Waals surface area contributed by atoms with Gasteiger partial charge in [0.15, 0.2) is 5.96 Å². The van der Waals surface area contributed by atoms with Crippen molar-refractivity contribution in [2.45, 2.75) is 58.4 Å². The van der Waals surface area contributed by atoms with E-state index in [-0.39, 0.29) is 0 Å². The van der Waals surface area contributed by atoms with Crippen LogP contribution in [-0.4, -0.2) is 55.1 Å². The number of guanidine groups is 1. The van der Waals surface area contributed by atoms with Crippen molar-refractivity contribution in [2.24, 2.45) is 4.99 Å². The molecule has 0 atom stereocenters. The Labute approximate surface area is 151 Å². The Morgan fingerprint density at radius 1 is 1.33 bits per heavy atom. The minimum absolute atomic E-state index is 0.772. The van der Waals surface area contributed by atoms with Gasteiger partial charge in [-0.2, -0.15) is 0 Å². The molecule has 0 spiro atoms. The van der Waals surface area contributed by atoms with Crippen LogP contribution in [0.5, 0.6) is 0 Å². The van der Waals surface area contributed by atoms with E-state index in [1.807, 2.05) is 17.5 Å². The minimum atomic E-state index is 0.772. The molecular weight excluding hydrogens is 318 g/mol. The van der Waals surface area contributed by atoms with E-state index in [1.54, 1.807) is 0 Å². The summed E-state index contributed by atoms with van der Waals surface area (Å²) >= 11 is 1.82. The molecule has 0 unspecified atom stereocenters. The van der Waals surface area contributed by atoms with Crippen LogP contribution in [-0.2, 0) is 12.8 Å². The summed E-state index contributed by atoms with van der Waals surface area (Å²) in [7, 11) is 2.24. The fourth-order valence-electron chi connectivity index (χ4n) is 3.10.